The summed E-state index contributed by atoms with van der Waals surface area (Å²) in [6.07, 6.45) is 5.02. The molecule has 0 bridgehead atoms. The van der Waals surface area contributed by atoms with Crippen LogP contribution in [0.5, 0.6) is 5.75 Å². The van der Waals surface area contributed by atoms with Crippen LogP contribution in [-0.4, -0.2) is 44.9 Å². The monoisotopic (exact) mass is 580 g/mol. The van der Waals surface area contributed by atoms with Crippen LogP contribution in [0.25, 0.3) is 0 Å². The molecule has 12 heteroatoms. The van der Waals surface area contributed by atoms with Gasteiger partial charge in [-0.15, -0.1) is 0 Å². The summed E-state index contributed by atoms with van der Waals surface area (Å²) in [6.45, 7) is 0.847. The third-order valence-electron chi connectivity index (χ3n) is 7.00. The normalized spacial score (nSPS) is 13.7. The predicted molar refractivity (Wildman–Crippen MR) is 155 cm³/mol. The molecule has 1 aliphatic rings. The number of hydrogen-bond acceptors (Lipinski definition) is 7. The van der Waals surface area contributed by atoms with Gasteiger partial charge in [0.25, 0.3) is 21.6 Å². The van der Waals surface area contributed by atoms with Gasteiger partial charge in [0.15, 0.2) is 0 Å². The summed E-state index contributed by atoms with van der Waals surface area (Å²) < 4.78 is 33.6. The minimum atomic E-state index is -4.43. The molecule has 11 nitrogen and oxygen atoms in total. The first kappa shape index (κ1) is 29.5. The summed E-state index contributed by atoms with van der Waals surface area (Å²) in [7, 11) is -2.97. The van der Waals surface area contributed by atoms with Crippen LogP contribution in [-0.2, 0) is 14.8 Å². The van der Waals surface area contributed by atoms with Crippen molar-refractivity contribution in [2.24, 2.45) is 0 Å². The molecule has 1 fully saturated rings. The molecule has 2 amide bonds. The van der Waals surface area contributed by atoms with Crippen LogP contribution in [0.1, 0.15) is 48.0 Å². The number of anilines is 2. The van der Waals surface area contributed by atoms with Crippen molar-refractivity contribution in [3.05, 3.63) is 88.0 Å². The number of para-hydroxylation sites is 1. The molecule has 0 aliphatic heterocycles. The van der Waals surface area contributed by atoms with Gasteiger partial charge in [-0.1, -0.05) is 37.5 Å². The molecule has 0 atom stereocenters. The van der Waals surface area contributed by atoms with E-state index in [1.165, 1.54) is 50.4 Å². The fourth-order valence-corrected chi connectivity index (χ4v) is 6.20. The van der Waals surface area contributed by atoms with Crippen molar-refractivity contribution in [3.63, 3.8) is 0 Å². The Hall–Kier alpha value is -4.45. The van der Waals surface area contributed by atoms with Gasteiger partial charge in [0, 0.05) is 17.7 Å². The molecular weight excluding hydrogens is 548 g/mol. The molecule has 4 rings (SSSR count). The Bertz CT molecular complexity index is 1530. The summed E-state index contributed by atoms with van der Waals surface area (Å²) in [5.74, 6) is -0.553. The lowest BCUT2D eigenvalue weighted by atomic mass is 9.95. The van der Waals surface area contributed by atoms with Gasteiger partial charge < -0.3 is 15.4 Å². The van der Waals surface area contributed by atoms with Crippen LogP contribution in [0.15, 0.2) is 71.6 Å². The van der Waals surface area contributed by atoms with E-state index in [0.717, 1.165) is 42.5 Å². The molecule has 2 N–H and O–H groups in total. The van der Waals surface area contributed by atoms with Gasteiger partial charge in [0.1, 0.15) is 12.3 Å². The Morgan fingerprint density at radius 1 is 1.02 bits per heavy atom. The van der Waals surface area contributed by atoms with Crippen molar-refractivity contribution >= 4 is 38.9 Å². The summed E-state index contributed by atoms with van der Waals surface area (Å²) >= 11 is 0. The number of nitro groups is 1. The molecule has 3 aromatic rings. The van der Waals surface area contributed by atoms with Crippen molar-refractivity contribution in [2.45, 2.75) is 50.0 Å². The van der Waals surface area contributed by atoms with E-state index in [-0.39, 0.29) is 39.5 Å². The Kier molecular flexibility index (Phi) is 9.23. The van der Waals surface area contributed by atoms with E-state index in [0.29, 0.717) is 11.3 Å². The first-order valence-corrected chi connectivity index (χ1v) is 14.7. The molecular formula is C29H32N4O7S. The molecule has 41 heavy (non-hydrogen) atoms. The highest BCUT2D eigenvalue weighted by molar-refractivity contribution is 7.92. The molecule has 1 saturated carbocycles. The fourth-order valence-electron chi connectivity index (χ4n) is 4.76. The average molecular weight is 581 g/mol. The van der Waals surface area contributed by atoms with E-state index in [2.05, 4.69) is 10.6 Å². The lowest BCUT2D eigenvalue weighted by Crippen LogP contribution is -2.39. The molecule has 216 valence electrons. The van der Waals surface area contributed by atoms with Crippen LogP contribution >= 0.6 is 0 Å². The summed E-state index contributed by atoms with van der Waals surface area (Å²) in [6, 6.07) is 16.2. The smallest absolute Gasteiger partial charge is 0.273 e. The first-order valence-electron chi connectivity index (χ1n) is 13.2. The lowest BCUT2D eigenvalue weighted by molar-refractivity contribution is -0.385. The number of aryl methyl sites for hydroxylation is 1. The Labute approximate surface area is 238 Å². The van der Waals surface area contributed by atoms with Crippen molar-refractivity contribution < 1.29 is 27.7 Å². The number of methoxy groups -OCH3 is 1. The van der Waals surface area contributed by atoms with Gasteiger partial charge >= 0.3 is 0 Å². The van der Waals surface area contributed by atoms with E-state index < -0.39 is 27.4 Å². The number of sulfonamides is 1. The van der Waals surface area contributed by atoms with E-state index in [9.17, 15) is 28.1 Å². The van der Waals surface area contributed by atoms with Crippen LogP contribution in [0.4, 0.5) is 17.1 Å². The number of benzene rings is 3. The molecule has 0 saturated heterocycles. The van der Waals surface area contributed by atoms with Crippen LogP contribution < -0.4 is 19.7 Å². The number of nitro benzene ring substituents is 1. The largest absolute Gasteiger partial charge is 0.497 e. The standard InChI is InChI=1S/C29H32N4O7S/c1-20-12-17-24(18-27(20)33(36)37)41(38,39)32(22-13-15-23(40-2)16-14-22)19-28(34)31-26-11-7-6-10-25(26)29(35)30-21-8-4-3-5-9-21/h6-7,10-18,21H,3-5,8-9,19H2,1-2H3,(H,30,35)(H,31,34). The SMILES string of the molecule is COc1ccc(N(CC(=O)Nc2ccccc2C(=O)NC2CCCCC2)S(=O)(=O)c2ccc(C)c([N+](=O)[O-])c2)cc1. The average Bonchev–Trinajstić information content (AvgIpc) is 2.96. The number of nitrogens with one attached hydrogen (secondary N) is 2. The molecule has 0 aromatic heterocycles. The number of rotatable bonds is 10. The van der Waals surface area contributed by atoms with E-state index in [4.69, 9.17) is 4.74 Å². The van der Waals surface area contributed by atoms with Crippen LogP contribution in [0, 0.1) is 17.0 Å². The number of hydrogen-bond donors (Lipinski definition) is 2. The number of amides is 2. The molecule has 1 aliphatic carbocycles. The highest BCUT2D eigenvalue weighted by Crippen LogP contribution is 2.29. The lowest BCUT2D eigenvalue weighted by Gasteiger charge is -2.25. The predicted octanol–water partition coefficient (Wildman–Crippen LogP) is 4.81. The van der Waals surface area contributed by atoms with Gasteiger partial charge in [0.05, 0.1) is 33.9 Å². The zero-order valence-electron chi connectivity index (χ0n) is 22.8. The molecule has 0 unspecified atom stereocenters. The van der Waals surface area contributed by atoms with Crippen molar-refractivity contribution in [2.75, 3.05) is 23.3 Å². The summed E-state index contributed by atoms with van der Waals surface area (Å²) in [4.78, 5) is 36.8. The first-order chi connectivity index (χ1) is 19.6. The van der Waals surface area contributed by atoms with Crippen molar-refractivity contribution in [1.82, 2.24) is 5.32 Å². The van der Waals surface area contributed by atoms with Crippen LogP contribution in [0.2, 0.25) is 0 Å². The van der Waals surface area contributed by atoms with Gasteiger partial charge in [-0.3, -0.25) is 24.0 Å². The maximum absolute atomic E-state index is 13.8. The molecule has 0 heterocycles. The fraction of sp³-hybridized carbons (Fsp3) is 0.310. The zero-order chi connectivity index (χ0) is 29.6. The third kappa shape index (κ3) is 7.01. The summed E-state index contributed by atoms with van der Waals surface area (Å²) in [5.41, 5.74) is 0.588. The van der Waals surface area contributed by atoms with Gasteiger partial charge in [-0.25, -0.2) is 8.42 Å². The number of ether oxygens (including phenoxy) is 1. The third-order valence-corrected chi connectivity index (χ3v) is 8.77. The van der Waals surface area contributed by atoms with Gasteiger partial charge in [0.2, 0.25) is 5.91 Å². The molecule has 0 radical (unpaired) electrons. The van der Waals surface area contributed by atoms with Crippen molar-refractivity contribution in [3.8, 4) is 5.75 Å². The second-order valence-corrected chi connectivity index (χ2v) is 11.7. The van der Waals surface area contributed by atoms with Crippen molar-refractivity contribution in [1.29, 1.82) is 0 Å². The number of nitrogens with zero attached hydrogens (tertiary/aromatic N) is 2. The molecule has 3 aromatic carbocycles. The van der Waals surface area contributed by atoms with Gasteiger partial charge in [-0.2, -0.15) is 0 Å². The summed E-state index contributed by atoms with van der Waals surface area (Å²) in [5, 5.41) is 17.2. The quantitative estimate of drug-likeness (QED) is 0.258. The Morgan fingerprint density at radius 3 is 2.37 bits per heavy atom. The highest BCUT2D eigenvalue weighted by Gasteiger charge is 2.30. The van der Waals surface area contributed by atoms with E-state index >= 15 is 0 Å². The minimum Gasteiger partial charge on any atom is -0.497 e. The minimum absolute atomic E-state index is 0.0641. The van der Waals surface area contributed by atoms with E-state index in [1.54, 1.807) is 24.3 Å². The number of carbonyl (C=O) groups excluding carboxylic acids is 2. The van der Waals surface area contributed by atoms with E-state index in [1.807, 2.05) is 0 Å². The second kappa shape index (κ2) is 12.8. The zero-order valence-corrected chi connectivity index (χ0v) is 23.6. The second-order valence-electron chi connectivity index (χ2n) is 9.82. The maximum Gasteiger partial charge on any atom is 0.273 e. The topological polar surface area (TPSA) is 148 Å². The maximum atomic E-state index is 13.8. The van der Waals surface area contributed by atoms with Crippen LogP contribution in [0.3, 0.4) is 0 Å². The Balaban J connectivity index is 1.62. The number of carbonyl (C=O) groups is 2. The molecule has 0 spiro atoms. The van der Waals surface area contributed by atoms with Gasteiger partial charge in [-0.05, 0) is 62.2 Å². The highest BCUT2D eigenvalue weighted by atomic mass is 32.2. The Morgan fingerprint density at radius 2 is 1.71 bits per heavy atom.